The van der Waals surface area contributed by atoms with Crippen molar-refractivity contribution in [2.75, 3.05) is 0 Å². The van der Waals surface area contributed by atoms with Gasteiger partial charge in [0.05, 0.1) is 0 Å². The van der Waals surface area contributed by atoms with E-state index in [9.17, 15) is 14.4 Å². The summed E-state index contributed by atoms with van der Waals surface area (Å²) in [6.45, 7) is 9.29. The van der Waals surface area contributed by atoms with Gasteiger partial charge in [-0.15, -0.1) is 6.58 Å². The fourth-order valence-electron chi connectivity index (χ4n) is 4.70. The molecule has 3 amide bonds. The van der Waals surface area contributed by atoms with Crippen molar-refractivity contribution in [3.8, 4) is 0 Å². The number of rotatable bonds is 5. The highest BCUT2D eigenvalue weighted by Crippen LogP contribution is 2.50. The van der Waals surface area contributed by atoms with Gasteiger partial charge in [-0.05, 0) is 52.4 Å². The molecule has 4 atom stereocenters. The molecule has 150 valence electrons. The van der Waals surface area contributed by atoms with Crippen molar-refractivity contribution < 1.29 is 19.1 Å². The van der Waals surface area contributed by atoms with Gasteiger partial charge in [-0.3, -0.25) is 9.59 Å². The number of alkyl carbamates (subject to hydrolysis) is 1. The summed E-state index contributed by atoms with van der Waals surface area (Å²) < 4.78 is 5.39. The lowest BCUT2D eigenvalue weighted by atomic mass is 9.77. The Hall–Kier alpha value is -2.05. The van der Waals surface area contributed by atoms with E-state index in [1.807, 2.05) is 0 Å². The number of piperidine rings is 1. The summed E-state index contributed by atoms with van der Waals surface area (Å²) in [5, 5.41) is 2.81. The van der Waals surface area contributed by atoms with Crippen LogP contribution in [0, 0.1) is 11.3 Å². The highest BCUT2D eigenvalue weighted by molar-refractivity contribution is 5.93. The minimum absolute atomic E-state index is 0.0567. The third-order valence-corrected chi connectivity index (χ3v) is 6.11. The van der Waals surface area contributed by atoms with Crippen LogP contribution in [0.2, 0.25) is 0 Å². The first-order chi connectivity index (χ1) is 12.6. The van der Waals surface area contributed by atoms with Gasteiger partial charge < -0.3 is 20.7 Å². The number of nitrogens with zero attached hydrogens (tertiary/aromatic N) is 1. The van der Waals surface area contributed by atoms with Crippen LogP contribution in [0.4, 0.5) is 4.79 Å². The smallest absolute Gasteiger partial charge is 0.408 e. The van der Waals surface area contributed by atoms with E-state index in [2.05, 4.69) is 11.9 Å². The molecule has 7 heteroatoms. The second-order valence-corrected chi connectivity index (χ2v) is 9.19. The number of fused-ring (bicyclic) bond motifs is 1. The molecule has 3 rings (SSSR count). The Morgan fingerprint density at radius 3 is 2.41 bits per heavy atom. The summed E-state index contributed by atoms with van der Waals surface area (Å²) in [6.07, 6.45) is 6.16. The van der Waals surface area contributed by atoms with E-state index in [1.165, 1.54) is 0 Å². The highest BCUT2D eigenvalue weighted by Gasteiger charge is 2.58. The van der Waals surface area contributed by atoms with Crippen molar-refractivity contribution in [2.45, 2.75) is 83.0 Å². The van der Waals surface area contributed by atoms with E-state index >= 15 is 0 Å². The van der Waals surface area contributed by atoms with Crippen LogP contribution in [0.1, 0.15) is 59.3 Å². The van der Waals surface area contributed by atoms with Gasteiger partial charge in [0.15, 0.2) is 0 Å². The number of primary amides is 1. The van der Waals surface area contributed by atoms with Crippen molar-refractivity contribution >= 4 is 17.9 Å². The lowest BCUT2D eigenvalue weighted by Crippen LogP contribution is -2.59. The number of carbonyl (C=O) groups excluding carboxylic acids is 3. The van der Waals surface area contributed by atoms with Crippen molar-refractivity contribution in [1.29, 1.82) is 0 Å². The number of nitrogens with one attached hydrogen (secondary N) is 1. The molecule has 7 nitrogen and oxygen atoms in total. The monoisotopic (exact) mass is 377 g/mol. The van der Waals surface area contributed by atoms with Crippen LogP contribution in [0.3, 0.4) is 0 Å². The summed E-state index contributed by atoms with van der Waals surface area (Å²) in [4.78, 5) is 39.5. The Morgan fingerprint density at radius 2 is 1.89 bits per heavy atom. The molecule has 1 saturated heterocycles. The molecule has 0 radical (unpaired) electrons. The lowest BCUT2D eigenvalue weighted by Gasteiger charge is -2.38. The summed E-state index contributed by atoms with van der Waals surface area (Å²) in [7, 11) is 0. The van der Waals surface area contributed by atoms with E-state index in [0.717, 1.165) is 32.1 Å². The quantitative estimate of drug-likeness (QED) is 0.716. The summed E-state index contributed by atoms with van der Waals surface area (Å²) >= 11 is 0. The molecular formula is C20H31N3O4. The van der Waals surface area contributed by atoms with Crippen LogP contribution >= 0.6 is 0 Å². The second kappa shape index (κ2) is 6.84. The fraction of sp³-hybridized carbons (Fsp3) is 0.750. The van der Waals surface area contributed by atoms with E-state index in [4.69, 9.17) is 10.5 Å². The van der Waals surface area contributed by atoms with Crippen molar-refractivity contribution in [2.24, 2.45) is 17.1 Å². The molecule has 1 unspecified atom stereocenters. The molecule has 0 aromatic heterocycles. The summed E-state index contributed by atoms with van der Waals surface area (Å²) in [5.74, 6) is -0.376. The minimum atomic E-state index is -0.798. The van der Waals surface area contributed by atoms with Crippen molar-refractivity contribution in [3.05, 3.63) is 12.7 Å². The molecule has 2 aliphatic carbocycles. The van der Waals surface area contributed by atoms with Gasteiger partial charge in [-0.1, -0.05) is 18.9 Å². The Balaban J connectivity index is 1.87. The third-order valence-electron chi connectivity index (χ3n) is 6.11. The molecule has 0 bridgehead atoms. The molecular weight excluding hydrogens is 346 g/mol. The van der Waals surface area contributed by atoms with Crippen LogP contribution in [0.25, 0.3) is 0 Å². The predicted octanol–water partition coefficient (Wildman–Crippen LogP) is 2.10. The first kappa shape index (κ1) is 19.7. The van der Waals surface area contributed by atoms with E-state index in [-0.39, 0.29) is 11.9 Å². The van der Waals surface area contributed by atoms with Gasteiger partial charge in [0.2, 0.25) is 11.8 Å². The number of nitrogens with two attached hydrogens (primary N) is 1. The molecule has 3 N–H and O–H groups in total. The molecule has 27 heavy (non-hydrogen) atoms. The van der Waals surface area contributed by atoms with Gasteiger partial charge in [-0.2, -0.15) is 0 Å². The van der Waals surface area contributed by atoms with Crippen molar-refractivity contribution in [1.82, 2.24) is 10.2 Å². The van der Waals surface area contributed by atoms with Crippen LogP contribution in [0.15, 0.2) is 12.7 Å². The van der Waals surface area contributed by atoms with E-state index in [1.54, 1.807) is 31.7 Å². The largest absolute Gasteiger partial charge is 0.444 e. The highest BCUT2D eigenvalue weighted by atomic mass is 16.6. The van der Waals surface area contributed by atoms with E-state index in [0.29, 0.717) is 12.3 Å². The number of hydrogen-bond donors (Lipinski definition) is 2. The molecule has 0 aromatic carbocycles. The molecule has 1 heterocycles. The first-order valence-electron chi connectivity index (χ1n) is 9.82. The topological polar surface area (TPSA) is 102 Å². The zero-order chi connectivity index (χ0) is 20.0. The molecule has 2 saturated carbocycles. The summed E-state index contributed by atoms with van der Waals surface area (Å²) in [5.41, 5.74) is 4.36. The fourth-order valence-corrected chi connectivity index (χ4v) is 4.70. The third kappa shape index (κ3) is 3.82. The molecule has 0 spiro atoms. The standard InChI is InChI=1S/C20H31N3O4/c1-5-20(8-6-7-9-20)15(22-18(26)27-19(2,3)4)17(25)23-13-10-12(13)11-14(23)16(21)24/h5,12-15H,1,6-11H2,2-4H3,(H2,21,24)(H,22,26)/t12-,13-,14-,15?/m0/s1. The van der Waals surface area contributed by atoms with Gasteiger partial charge in [0.1, 0.15) is 17.7 Å². The average Bonchev–Trinajstić information content (AvgIpc) is 3.01. The SMILES string of the molecule is C=CC1(C(NC(=O)OC(C)(C)C)C(=O)N2[C@H](C(N)=O)C[C@@H]3C[C@@H]32)CCCC1. The molecule has 3 fully saturated rings. The predicted molar refractivity (Wildman–Crippen MR) is 101 cm³/mol. The Morgan fingerprint density at radius 1 is 1.26 bits per heavy atom. The normalized spacial score (nSPS) is 29.6. The minimum Gasteiger partial charge on any atom is -0.444 e. The number of hydrogen-bond acceptors (Lipinski definition) is 4. The van der Waals surface area contributed by atoms with Crippen molar-refractivity contribution in [3.63, 3.8) is 0 Å². The number of carbonyl (C=O) groups is 3. The maximum Gasteiger partial charge on any atom is 0.408 e. The second-order valence-electron chi connectivity index (χ2n) is 9.19. The molecule has 0 aromatic rings. The Bertz CT molecular complexity index is 648. The number of likely N-dealkylation sites (tertiary alicyclic amines) is 1. The zero-order valence-corrected chi connectivity index (χ0v) is 16.5. The lowest BCUT2D eigenvalue weighted by molar-refractivity contribution is -0.142. The maximum atomic E-state index is 13.5. The van der Waals surface area contributed by atoms with Crippen LogP contribution in [-0.4, -0.2) is 46.5 Å². The number of ether oxygens (including phenoxy) is 1. The van der Waals surface area contributed by atoms with E-state index < -0.39 is 35.1 Å². The summed E-state index contributed by atoms with van der Waals surface area (Å²) in [6, 6.07) is -1.33. The first-order valence-corrected chi connectivity index (χ1v) is 9.82. The Kier molecular flexibility index (Phi) is 4.99. The number of amides is 3. The van der Waals surface area contributed by atoms with Gasteiger partial charge in [0, 0.05) is 11.5 Å². The van der Waals surface area contributed by atoms with Gasteiger partial charge in [-0.25, -0.2) is 4.79 Å². The van der Waals surface area contributed by atoms with Gasteiger partial charge >= 0.3 is 6.09 Å². The molecule has 3 aliphatic rings. The zero-order valence-electron chi connectivity index (χ0n) is 16.5. The van der Waals surface area contributed by atoms with Crippen LogP contribution < -0.4 is 11.1 Å². The Labute approximate surface area is 160 Å². The van der Waals surface area contributed by atoms with Crippen LogP contribution in [0.5, 0.6) is 0 Å². The maximum absolute atomic E-state index is 13.5. The average molecular weight is 377 g/mol. The van der Waals surface area contributed by atoms with Crippen LogP contribution in [-0.2, 0) is 14.3 Å². The molecule has 1 aliphatic heterocycles. The van der Waals surface area contributed by atoms with Gasteiger partial charge in [0.25, 0.3) is 0 Å².